The molecule has 0 spiro atoms. The highest BCUT2D eigenvalue weighted by atomic mass is 32.2. The predicted molar refractivity (Wildman–Crippen MR) is 150 cm³/mol. The van der Waals surface area contributed by atoms with Crippen LogP contribution in [0.25, 0.3) is 6.08 Å². The summed E-state index contributed by atoms with van der Waals surface area (Å²) in [5.41, 5.74) is 2.92. The van der Waals surface area contributed by atoms with Gasteiger partial charge in [0.15, 0.2) is 11.5 Å². The Bertz CT molecular complexity index is 1310. The van der Waals surface area contributed by atoms with E-state index in [0.717, 1.165) is 27.8 Å². The number of ether oxygens (including phenoxy) is 2. The molecular formula is C29H27NO5S2. The Kier molecular flexibility index (Phi) is 8.63. The lowest BCUT2D eigenvalue weighted by Crippen LogP contribution is -2.33. The normalized spacial score (nSPS) is 16.1. The third-order valence-electron chi connectivity index (χ3n) is 5.86. The molecule has 1 fully saturated rings. The van der Waals surface area contributed by atoms with E-state index in [1.165, 1.54) is 5.56 Å². The number of benzene rings is 3. The Morgan fingerprint density at radius 2 is 1.65 bits per heavy atom. The average molecular weight is 534 g/mol. The number of carboxylic acid groups (broad SMARTS) is 1. The second-order valence-electron chi connectivity index (χ2n) is 8.66. The molecular weight excluding hydrogens is 506 g/mol. The third kappa shape index (κ3) is 6.78. The summed E-state index contributed by atoms with van der Waals surface area (Å²) in [5.74, 6) is -0.215. The van der Waals surface area contributed by atoms with E-state index >= 15 is 0 Å². The van der Waals surface area contributed by atoms with Crippen molar-refractivity contribution >= 4 is 46.3 Å². The van der Waals surface area contributed by atoms with Gasteiger partial charge in [0.05, 0.1) is 11.5 Å². The maximum Gasteiger partial charge on any atom is 0.323 e. The molecule has 3 aromatic carbocycles. The Labute approximate surface area is 225 Å². The van der Waals surface area contributed by atoms with Crippen LogP contribution in [0.4, 0.5) is 0 Å². The lowest BCUT2D eigenvalue weighted by atomic mass is 10.0. The fraction of sp³-hybridized carbons (Fsp3) is 0.207. The van der Waals surface area contributed by atoms with Gasteiger partial charge in [0, 0.05) is 5.92 Å². The molecule has 0 bridgehead atoms. The topological polar surface area (TPSA) is 76.1 Å². The van der Waals surface area contributed by atoms with Crippen LogP contribution in [-0.2, 0) is 9.59 Å². The Hall–Kier alpha value is -3.62. The molecule has 1 saturated heterocycles. The Morgan fingerprint density at radius 3 is 2.30 bits per heavy atom. The summed E-state index contributed by atoms with van der Waals surface area (Å²) in [6.07, 6.45) is 1.46. The van der Waals surface area contributed by atoms with Gasteiger partial charge in [-0.05, 0) is 41.8 Å². The van der Waals surface area contributed by atoms with E-state index in [0.29, 0.717) is 23.0 Å². The van der Waals surface area contributed by atoms with Gasteiger partial charge in [-0.2, -0.15) is 0 Å². The van der Waals surface area contributed by atoms with Crippen LogP contribution in [0.1, 0.15) is 42.6 Å². The number of hydrogen-bond donors (Lipinski definition) is 1. The van der Waals surface area contributed by atoms with Crippen LogP contribution >= 0.6 is 24.0 Å². The van der Waals surface area contributed by atoms with Crippen molar-refractivity contribution in [3.8, 4) is 11.5 Å². The van der Waals surface area contributed by atoms with E-state index in [-0.39, 0.29) is 16.3 Å². The first-order valence-corrected chi connectivity index (χ1v) is 13.0. The maximum absolute atomic E-state index is 12.7. The number of thiocarbonyl (C=S) groups is 1. The Morgan fingerprint density at radius 1 is 1.00 bits per heavy atom. The van der Waals surface area contributed by atoms with E-state index < -0.39 is 18.4 Å². The molecule has 6 nitrogen and oxygen atoms in total. The van der Waals surface area contributed by atoms with Gasteiger partial charge in [-0.3, -0.25) is 14.5 Å². The molecule has 0 radical (unpaired) electrons. The molecule has 8 heteroatoms. The Balaban J connectivity index is 1.59. The molecule has 1 amide bonds. The van der Waals surface area contributed by atoms with Crippen LogP contribution in [-0.4, -0.2) is 39.4 Å². The number of carboxylic acids is 1. The molecule has 0 aliphatic carbocycles. The first-order chi connectivity index (χ1) is 17.8. The summed E-state index contributed by atoms with van der Waals surface area (Å²) < 4.78 is 12.8. The van der Waals surface area contributed by atoms with Crippen LogP contribution in [0.5, 0.6) is 11.5 Å². The van der Waals surface area contributed by atoms with Gasteiger partial charge in [0.1, 0.15) is 17.0 Å². The van der Waals surface area contributed by atoms with Crippen molar-refractivity contribution in [2.45, 2.75) is 25.9 Å². The number of amides is 1. The minimum atomic E-state index is -1.12. The van der Waals surface area contributed by atoms with Gasteiger partial charge in [-0.15, -0.1) is 0 Å². The number of thioether (sulfide) groups is 1. The van der Waals surface area contributed by atoms with Crippen molar-refractivity contribution < 1.29 is 24.2 Å². The summed E-state index contributed by atoms with van der Waals surface area (Å²) in [6, 6.07) is 25.5. The molecule has 1 aliphatic heterocycles. The molecule has 4 rings (SSSR count). The molecule has 190 valence electrons. The van der Waals surface area contributed by atoms with Gasteiger partial charge in [-0.25, -0.2) is 0 Å². The van der Waals surface area contributed by atoms with Gasteiger partial charge in [0.25, 0.3) is 5.91 Å². The predicted octanol–water partition coefficient (Wildman–Crippen LogP) is 6.29. The number of carbonyl (C=O) groups is 2. The van der Waals surface area contributed by atoms with E-state index in [4.69, 9.17) is 26.8 Å². The van der Waals surface area contributed by atoms with Gasteiger partial charge >= 0.3 is 5.97 Å². The molecule has 37 heavy (non-hydrogen) atoms. The van der Waals surface area contributed by atoms with Crippen molar-refractivity contribution in [3.63, 3.8) is 0 Å². The molecule has 2 atom stereocenters. The first kappa shape index (κ1) is 26.4. The average Bonchev–Trinajstić information content (AvgIpc) is 3.15. The minimum absolute atomic E-state index is 0.177. The molecule has 1 heterocycles. The number of carbonyl (C=O) groups excluding carboxylic acids is 1. The monoisotopic (exact) mass is 533 g/mol. The summed E-state index contributed by atoms with van der Waals surface area (Å²) in [6.45, 7) is 4.08. The summed E-state index contributed by atoms with van der Waals surface area (Å²) in [7, 11) is 0. The quantitative estimate of drug-likeness (QED) is 0.242. The van der Waals surface area contributed by atoms with E-state index in [2.05, 4.69) is 19.1 Å². The fourth-order valence-corrected chi connectivity index (χ4v) is 5.08. The number of rotatable bonds is 10. The van der Waals surface area contributed by atoms with Gasteiger partial charge < -0.3 is 14.6 Å². The first-order valence-electron chi connectivity index (χ1n) is 11.8. The standard InChI is InChI=1S/C29H27NO5S2/c1-19(22-9-5-3-6-10-22)18-34-24-14-13-21(15-25(24)35-20(2)23-11-7-4-8-12-23)16-26-28(33)30(17-27(31)32)29(36)37-26/h3-16,19-20H,17-18H2,1-2H3,(H,31,32)/t19-,20+/m1/s1. The number of aliphatic carboxylic acids is 1. The highest BCUT2D eigenvalue weighted by molar-refractivity contribution is 8.26. The lowest BCUT2D eigenvalue weighted by molar-refractivity contribution is -0.140. The van der Waals surface area contributed by atoms with Crippen molar-refractivity contribution in [1.29, 1.82) is 0 Å². The molecule has 0 aromatic heterocycles. The SMILES string of the molecule is C[C@H](COc1ccc(C=C2SC(=S)N(CC(=O)O)C2=O)cc1O[C@@H](C)c1ccccc1)c1ccccc1. The second kappa shape index (κ2) is 12.1. The van der Waals surface area contributed by atoms with Gasteiger partial charge in [-0.1, -0.05) is 97.6 Å². The van der Waals surface area contributed by atoms with Crippen LogP contribution < -0.4 is 9.47 Å². The minimum Gasteiger partial charge on any atom is -0.489 e. The smallest absolute Gasteiger partial charge is 0.323 e. The summed E-state index contributed by atoms with van der Waals surface area (Å²) in [4.78, 5) is 25.3. The van der Waals surface area contributed by atoms with Crippen molar-refractivity contribution in [2.24, 2.45) is 0 Å². The molecule has 1 aliphatic rings. The molecule has 3 aromatic rings. The van der Waals surface area contributed by atoms with Crippen LogP contribution in [0.15, 0.2) is 83.8 Å². The number of hydrogen-bond acceptors (Lipinski definition) is 6. The maximum atomic E-state index is 12.7. The van der Waals surface area contributed by atoms with Crippen LogP contribution in [0.3, 0.4) is 0 Å². The van der Waals surface area contributed by atoms with E-state index in [1.807, 2.05) is 73.7 Å². The zero-order valence-corrected chi connectivity index (χ0v) is 22.1. The van der Waals surface area contributed by atoms with Crippen molar-refractivity contribution in [2.75, 3.05) is 13.2 Å². The van der Waals surface area contributed by atoms with Crippen molar-refractivity contribution in [3.05, 3.63) is 100 Å². The van der Waals surface area contributed by atoms with Gasteiger partial charge in [0.2, 0.25) is 0 Å². The molecule has 1 N–H and O–H groups in total. The van der Waals surface area contributed by atoms with E-state index in [9.17, 15) is 9.59 Å². The molecule has 0 unspecified atom stereocenters. The highest BCUT2D eigenvalue weighted by Gasteiger charge is 2.33. The zero-order chi connectivity index (χ0) is 26.4. The molecule has 0 saturated carbocycles. The third-order valence-corrected chi connectivity index (χ3v) is 7.24. The largest absolute Gasteiger partial charge is 0.489 e. The lowest BCUT2D eigenvalue weighted by Gasteiger charge is -2.20. The van der Waals surface area contributed by atoms with Crippen molar-refractivity contribution in [1.82, 2.24) is 4.90 Å². The summed E-state index contributed by atoms with van der Waals surface area (Å²) in [5, 5.41) is 9.08. The van der Waals surface area contributed by atoms with E-state index in [1.54, 1.807) is 6.08 Å². The zero-order valence-electron chi connectivity index (χ0n) is 20.5. The second-order valence-corrected chi connectivity index (χ2v) is 10.3. The fourth-order valence-electron chi connectivity index (χ4n) is 3.82. The highest BCUT2D eigenvalue weighted by Crippen LogP contribution is 2.36. The van der Waals surface area contributed by atoms with Crippen LogP contribution in [0, 0.1) is 0 Å². The van der Waals surface area contributed by atoms with Crippen LogP contribution in [0.2, 0.25) is 0 Å². The number of nitrogens with zero attached hydrogens (tertiary/aromatic N) is 1. The summed E-state index contributed by atoms with van der Waals surface area (Å²) >= 11 is 6.29.